The smallest absolute Gasteiger partial charge is 0.316 e. The number of carbonyl (C=O) groups is 2. The van der Waals surface area contributed by atoms with Crippen LogP contribution in [0.3, 0.4) is 0 Å². The number of nitrogens with one attached hydrogen (secondary N) is 1. The first-order valence-corrected chi connectivity index (χ1v) is 9.63. The topological polar surface area (TPSA) is 55.4 Å². The summed E-state index contributed by atoms with van der Waals surface area (Å²) in [4.78, 5) is 24.9. The quantitative estimate of drug-likeness (QED) is 0.497. The second kappa shape index (κ2) is 8.73. The van der Waals surface area contributed by atoms with Gasteiger partial charge in [0, 0.05) is 10.6 Å². The third-order valence-corrected chi connectivity index (χ3v) is 4.91. The Morgan fingerprint density at radius 3 is 2.37 bits per heavy atom. The highest BCUT2D eigenvalue weighted by molar-refractivity contribution is 8.00. The molecule has 0 heterocycles. The molecule has 5 heteroatoms. The fourth-order valence-electron chi connectivity index (χ4n) is 2.83. The minimum absolute atomic E-state index is 0.162. The van der Waals surface area contributed by atoms with Gasteiger partial charge in [0.1, 0.15) is 0 Å². The molecule has 0 saturated carbocycles. The second-order valence-corrected chi connectivity index (χ2v) is 7.43. The Kier molecular flexibility index (Phi) is 6.14. The van der Waals surface area contributed by atoms with Gasteiger partial charge in [0.05, 0.1) is 5.75 Å². The summed E-state index contributed by atoms with van der Waals surface area (Å²) in [7, 11) is 0. The number of amides is 1. The van der Waals surface area contributed by atoms with E-state index in [0.29, 0.717) is 5.69 Å². The van der Waals surface area contributed by atoms with Crippen LogP contribution in [0.15, 0.2) is 65.6 Å². The fourth-order valence-corrected chi connectivity index (χ4v) is 3.57. The molecule has 0 spiro atoms. The summed E-state index contributed by atoms with van der Waals surface area (Å²) in [5.41, 5.74) is 2.84. The van der Waals surface area contributed by atoms with Gasteiger partial charge >= 0.3 is 5.97 Å². The molecule has 0 aliphatic carbocycles. The van der Waals surface area contributed by atoms with Gasteiger partial charge in [-0.25, -0.2) is 0 Å². The zero-order chi connectivity index (χ0) is 19.2. The maximum Gasteiger partial charge on any atom is 0.316 e. The molecule has 0 bridgehead atoms. The molecule has 0 unspecified atom stereocenters. The first kappa shape index (κ1) is 19.0. The van der Waals surface area contributed by atoms with Gasteiger partial charge < -0.3 is 10.1 Å². The summed E-state index contributed by atoms with van der Waals surface area (Å²) < 4.78 is 5.07. The fraction of sp³-hybridized carbons (Fsp3) is 0.182. The van der Waals surface area contributed by atoms with Crippen LogP contribution in [0.5, 0.6) is 0 Å². The van der Waals surface area contributed by atoms with E-state index in [1.165, 1.54) is 11.8 Å². The van der Waals surface area contributed by atoms with Crippen LogP contribution in [0.25, 0.3) is 10.8 Å². The third-order valence-electron chi connectivity index (χ3n) is 3.95. The molecule has 0 fully saturated rings. The predicted octanol–water partition coefficient (Wildman–Crippen LogP) is 4.73. The highest BCUT2D eigenvalue weighted by atomic mass is 32.2. The average Bonchev–Trinajstić information content (AvgIpc) is 2.63. The van der Waals surface area contributed by atoms with Crippen LogP contribution in [0.2, 0.25) is 0 Å². The lowest BCUT2D eigenvalue weighted by Crippen LogP contribution is -2.21. The van der Waals surface area contributed by atoms with Crippen LogP contribution in [0.4, 0.5) is 5.69 Å². The molecule has 0 aliphatic heterocycles. The van der Waals surface area contributed by atoms with E-state index in [-0.39, 0.29) is 18.3 Å². The first-order chi connectivity index (χ1) is 13.0. The minimum Gasteiger partial charge on any atom is -0.455 e. The van der Waals surface area contributed by atoms with Crippen LogP contribution in [-0.4, -0.2) is 24.2 Å². The Hall–Kier alpha value is -2.79. The maximum absolute atomic E-state index is 12.0. The Bertz CT molecular complexity index is 964. The molecule has 3 aromatic rings. The van der Waals surface area contributed by atoms with Crippen LogP contribution in [0, 0.1) is 13.8 Å². The number of hydrogen-bond acceptors (Lipinski definition) is 4. The number of rotatable bonds is 6. The predicted molar refractivity (Wildman–Crippen MR) is 110 cm³/mol. The van der Waals surface area contributed by atoms with Crippen molar-refractivity contribution in [1.29, 1.82) is 0 Å². The zero-order valence-corrected chi connectivity index (χ0v) is 16.1. The molecule has 4 nitrogen and oxygen atoms in total. The molecule has 0 aliphatic rings. The maximum atomic E-state index is 12.0. The lowest BCUT2D eigenvalue weighted by molar-refractivity contribution is -0.144. The SMILES string of the molecule is Cc1cc(C)cc(NC(=O)COC(=O)CSc2ccc3ccccc3c2)c1. The van der Waals surface area contributed by atoms with Crippen molar-refractivity contribution in [2.75, 3.05) is 17.7 Å². The third kappa shape index (κ3) is 5.59. The molecular formula is C22H21NO3S. The summed E-state index contributed by atoms with van der Waals surface area (Å²) in [5.74, 6) is -0.595. The van der Waals surface area contributed by atoms with Crippen molar-refractivity contribution >= 4 is 40.1 Å². The van der Waals surface area contributed by atoms with Crippen LogP contribution in [0.1, 0.15) is 11.1 Å². The van der Waals surface area contributed by atoms with Gasteiger partial charge in [0.2, 0.25) is 0 Å². The number of ether oxygens (including phenoxy) is 1. The zero-order valence-electron chi connectivity index (χ0n) is 15.3. The van der Waals surface area contributed by atoms with E-state index in [9.17, 15) is 9.59 Å². The number of fused-ring (bicyclic) bond motifs is 1. The Labute approximate surface area is 162 Å². The number of hydrogen-bond donors (Lipinski definition) is 1. The van der Waals surface area contributed by atoms with E-state index in [0.717, 1.165) is 26.8 Å². The second-order valence-electron chi connectivity index (χ2n) is 6.38. The highest BCUT2D eigenvalue weighted by Gasteiger charge is 2.09. The van der Waals surface area contributed by atoms with Gasteiger partial charge in [-0.15, -0.1) is 11.8 Å². The Morgan fingerprint density at radius 2 is 1.63 bits per heavy atom. The van der Waals surface area contributed by atoms with Gasteiger partial charge in [-0.05, 0) is 60.0 Å². The van der Waals surface area contributed by atoms with Gasteiger partial charge in [0.25, 0.3) is 5.91 Å². The summed E-state index contributed by atoms with van der Waals surface area (Å²) in [6.07, 6.45) is 0. The molecule has 0 aromatic heterocycles. The molecular weight excluding hydrogens is 358 g/mol. The van der Waals surface area contributed by atoms with E-state index < -0.39 is 5.97 Å². The number of aryl methyl sites for hydroxylation is 2. The number of thioether (sulfide) groups is 1. The van der Waals surface area contributed by atoms with E-state index in [1.54, 1.807) is 0 Å². The Morgan fingerprint density at radius 1 is 0.926 bits per heavy atom. The van der Waals surface area contributed by atoms with Gasteiger partial charge in [-0.1, -0.05) is 36.4 Å². The van der Waals surface area contributed by atoms with E-state index in [4.69, 9.17) is 4.74 Å². The van der Waals surface area contributed by atoms with Crippen molar-refractivity contribution in [3.8, 4) is 0 Å². The molecule has 0 radical (unpaired) electrons. The molecule has 1 amide bonds. The lowest BCUT2D eigenvalue weighted by Gasteiger charge is -2.08. The van der Waals surface area contributed by atoms with E-state index in [1.807, 2.05) is 74.5 Å². The van der Waals surface area contributed by atoms with Crippen molar-refractivity contribution in [3.05, 3.63) is 71.8 Å². The normalized spacial score (nSPS) is 10.6. The van der Waals surface area contributed by atoms with Crippen molar-refractivity contribution in [2.24, 2.45) is 0 Å². The first-order valence-electron chi connectivity index (χ1n) is 8.65. The Balaban J connectivity index is 1.46. The standard InChI is InChI=1S/C22H21NO3S/c1-15-9-16(2)11-19(10-15)23-21(24)13-26-22(25)14-27-20-8-7-17-5-3-4-6-18(17)12-20/h3-12H,13-14H2,1-2H3,(H,23,24). The highest BCUT2D eigenvalue weighted by Crippen LogP contribution is 2.23. The molecule has 3 aromatic carbocycles. The molecule has 0 saturated heterocycles. The summed E-state index contributed by atoms with van der Waals surface area (Å²) in [6, 6.07) is 19.9. The van der Waals surface area contributed by atoms with Crippen LogP contribution in [-0.2, 0) is 14.3 Å². The minimum atomic E-state index is -0.413. The van der Waals surface area contributed by atoms with Crippen molar-refractivity contribution < 1.29 is 14.3 Å². The average molecular weight is 379 g/mol. The van der Waals surface area contributed by atoms with Crippen LogP contribution < -0.4 is 5.32 Å². The van der Waals surface area contributed by atoms with Crippen molar-refractivity contribution in [3.63, 3.8) is 0 Å². The number of carbonyl (C=O) groups excluding carboxylic acids is 2. The lowest BCUT2D eigenvalue weighted by atomic mass is 10.1. The molecule has 27 heavy (non-hydrogen) atoms. The number of benzene rings is 3. The molecule has 0 atom stereocenters. The van der Waals surface area contributed by atoms with E-state index in [2.05, 4.69) is 5.32 Å². The van der Waals surface area contributed by atoms with Gasteiger partial charge in [-0.2, -0.15) is 0 Å². The number of anilines is 1. The summed E-state index contributed by atoms with van der Waals surface area (Å²) in [6.45, 7) is 3.64. The van der Waals surface area contributed by atoms with Crippen molar-refractivity contribution in [2.45, 2.75) is 18.7 Å². The van der Waals surface area contributed by atoms with Crippen LogP contribution >= 0.6 is 11.8 Å². The monoisotopic (exact) mass is 379 g/mol. The largest absolute Gasteiger partial charge is 0.455 e. The summed E-state index contributed by atoms with van der Waals surface area (Å²) >= 11 is 1.40. The van der Waals surface area contributed by atoms with Crippen molar-refractivity contribution in [1.82, 2.24) is 0 Å². The molecule has 138 valence electrons. The molecule has 1 N–H and O–H groups in total. The summed E-state index contributed by atoms with van der Waals surface area (Å²) in [5, 5.41) is 5.04. The number of esters is 1. The van der Waals surface area contributed by atoms with Gasteiger partial charge in [0.15, 0.2) is 6.61 Å². The van der Waals surface area contributed by atoms with E-state index >= 15 is 0 Å². The molecule has 3 rings (SSSR count). The van der Waals surface area contributed by atoms with Gasteiger partial charge in [-0.3, -0.25) is 9.59 Å².